The summed E-state index contributed by atoms with van der Waals surface area (Å²) in [5.74, 6) is 0. The summed E-state index contributed by atoms with van der Waals surface area (Å²) in [5.41, 5.74) is 1.69. The van der Waals surface area contributed by atoms with Gasteiger partial charge in [-0.3, -0.25) is 0 Å². The molecule has 1 aromatic rings. The van der Waals surface area contributed by atoms with Crippen molar-refractivity contribution in [2.75, 3.05) is 25.5 Å². The number of hydrogen-bond donors (Lipinski definition) is 1. The van der Waals surface area contributed by atoms with E-state index in [1.165, 1.54) is 4.90 Å². The first-order valence-electron chi connectivity index (χ1n) is 4.97. The molecule has 0 fully saturated rings. The van der Waals surface area contributed by atoms with Crippen LogP contribution in [0.15, 0.2) is 18.2 Å². The van der Waals surface area contributed by atoms with Crippen LogP contribution in [0.2, 0.25) is 5.02 Å². The topological polar surface area (TPSA) is 15.3 Å². The highest BCUT2D eigenvalue weighted by Gasteiger charge is 2.12. The molecule has 0 aliphatic rings. The highest BCUT2D eigenvalue weighted by atomic mass is 35.5. The Morgan fingerprint density at radius 3 is 2.69 bits per heavy atom. The number of nitrogens with zero attached hydrogens (tertiary/aromatic N) is 1. The SMILES string of the molecule is CNCc1cc(Cl)ccc1N(C)CC(F)F. The van der Waals surface area contributed by atoms with E-state index in [0.717, 1.165) is 11.3 Å². The molecule has 0 atom stereocenters. The van der Waals surface area contributed by atoms with Crippen molar-refractivity contribution in [1.29, 1.82) is 0 Å². The van der Waals surface area contributed by atoms with E-state index in [1.54, 1.807) is 32.3 Å². The third-order valence-electron chi connectivity index (χ3n) is 2.23. The second kappa shape index (κ2) is 6.01. The van der Waals surface area contributed by atoms with Crippen molar-refractivity contribution in [3.8, 4) is 0 Å². The van der Waals surface area contributed by atoms with Gasteiger partial charge in [0.15, 0.2) is 0 Å². The predicted molar refractivity (Wildman–Crippen MR) is 63.5 cm³/mol. The molecule has 90 valence electrons. The standard InChI is InChI=1S/C11H15ClF2N2/c1-15-6-8-5-9(12)3-4-10(8)16(2)7-11(13)14/h3-5,11,15H,6-7H2,1-2H3. The lowest BCUT2D eigenvalue weighted by molar-refractivity contribution is 0.156. The van der Waals surface area contributed by atoms with Crippen molar-refractivity contribution in [2.24, 2.45) is 0 Å². The Kier molecular flexibility index (Phi) is 4.96. The molecular formula is C11H15ClF2N2. The van der Waals surface area contributed by atoms with Crippen molar-refractivity contribution < 1.29 is 8.78 Å². The maximum absolute atomic E-state index is 12.3. The van der Waals surface area contributed by atoms with Crippen LogP contribution in [0, 0.1) is 0 Å². The lowest BCUT2D eigenvalue weighted by Crippen LogP contribution is -2.25. The van der Waals surface area contributed by atoms with Crippen LogP contribution < -0.4 is 10.2 Å². The maximum Gasteiger partial charge on any atom is 0.255 e. The molecule has 0 saturated heterocycles. The molecule has 1 aromatic carbocycles. The van der Waals surface area contributed by atoms with Crippen molar-refractivity contribution in [3.05, 3.63) is 28.8 Å². The van der Waals surface area contributed by atoms with Gasteiger partial charge in [-0.25, -0.2) is 8.78 Å². The predicted octanol–water partition coefficient (Wildman–Crippen LogP) is 2.76. The zero-order valence-corrected chi connectivity index (χ0v) is 10.1. The lowest BCUT2D eigenvalue weighted by atomic mass is 10.1. The van der Waals surface area contributed by atoms with Crippen LogP contribution in [-0.2, 0) is 6.54 Å². The highest BCUT2D eigenvalue weighted by Crippen LogP contribution is 2.24. The monoisotopic (exact) mass is 248 g/mol. The Morgan fingerprint density at radius 2 is 2.12 bits per heavy atom. The van der Waals surface area contributed by atoms with Crippen LogP contribution in [-0.4, -0.2) is 27.1 Å². The van der Waals surface area contributed by atoms with Gasteiger partial charge >= 0.3 is 0 Å². The first kappa shape index (κ1) is 13.2. The minimum Gasteiger partial charge on any atom is -0.369 e. The molecule has 0 heterocycles. The average molecular weight is 249 g/mol. The molecule has 0 spiro atoms. The zero-order chi connectivity index (χ0) is 12.1. The molecule has 2 nitrogen and oxygen atoms in total. The van der Waals surface area contributed by atoms with Gasteiger partial charge in [0, 0.05) is 24.3 Å². The minimum absolute atomic E-state index is 0.279. The number of rotatable bonds is 5. The third kappa shape index (κ3) is 3.61. The zero-order valence-electron chi connectivity index (χ0n) is 9.30. The van der Waals surface area contributed by atoms with Crippen LogP contribution in [0.25, 0.3) is 0 Å². The van der Waals surface area contributed by atoms with E-state index in [9.17, 15) is 8.78 Å². The Labute approximate surface area is 99.2 Å². The van der Waals surface area contributed by atoms with E-state index in [0.29, 0.717) is 11.6 Å². The molecule has 1 rings (SSSR count). The van der Waals surface area contributed by atoms with E-state index in [4.69, 9.17) is 11.6 Å². The van der Waals surface area contributed by atoms with Crippen molar-refractivity contribution in [1.82, 2.24) is 5.32 Å². The largest absolute Gasteiger partial charge is 0.369 e. The first-order chi connectivity index (χ1) is 7.54. The van der Waals surface area contributed by atoms with E-state index in [1.807, 2.05) is 0 Å². The second-order valence-electron chi connectivity index (χ2n) is 3.57. The van der Waals surface area contributed by atoms with Gasteiger partial charge in [0.05, 0.1) is 6.54 Å². The molecule has 0 bridgehead atoms. The maximum atomic E-state index is 12.3. The van der Waals surface area contributed by atoms with Gasteiger partial charge in [0.25, 0.3) is 6.43 Å². The number of halogens is 3. The Morgan fingerprint density at radius 1 is 1.44 bits per heavy atom. The van der Waals surface area contributed by atoms with Crippen molar-refractivity contribution >= 4 is 17.3 Å². The molecule has 5 heteroatoms. The van der Waals surface area contributed by atoms with Gasteiger partial charge in [-0.2, -0.15) is 0 Å². The summed E-state index contributed by atoms with van der Waals surface area (Å²) >= 11 is 5.87. The van der Waals surface area contributed by atoms with Gasteiger partial charge in [0.2, 0.25) is 0 Å². The molecule has 0 radical (unpaired) electrons. The molecule has 0 unspecified atom stereocenters. The summed E-state index contributed by atoms with van der Waals surface area (Å²) in [4.78, 5) is 1.54. The number of nitrogens with one attached hydrogen (secondary N) is 1. The Bertz CT molecular complexity index is 345. The Balaban J connectivity index is 2.92. The third-order valence-corrected chi connectivity index (χ3v) is 2.47. The van der Waals surface area contributed by atoms with E-state index < -0.39 is 6.43 Å². The van der Waals surface area contributed by atoms with E-state index >= 15 is 0 Å². The van der Waals surface area contributed by atoms with Gasteiger partial charge in [-0.15, -0.1) is 0 Å². The summed E-state index contributed by atoms with van der Waals surface area (Å²) < 4.78 is 24.6. The number of hydrogen-bond acceptors (Lipinski definition) is 2. The number of alkyl halides is 2. The fourth-order valence-electron chi connectivity index (χ4n) is 1.56. The smallest absolute Gasteiger partial charge is 0.255 e. The first-order valence-corrected chi connectivity index (χ1v) is 5.34. The van der Waals surface area contributed by atoms with Crippen LogP contribution in [0.4, 0.5) is 14.5 Å². The number of anilines is 1. The van der Waals surface area contributed by atoms with Crippen LogP contribution >= 0.6 is 11.6 Å². The molecule has 1 N–H and O–H groups in total. The van der Waals surface area contributed by atoms with Crippen LogP contribution in [0.1, 0.15) is 5.56 Å². The molecule has 16 heavy (non-hydrogen) atoms. The summed E-state index contributed by atoms with van der Waals surface area (Å²) in [6.07, 6.45) is -2.34. The highest BCUT2D eigenvalue weighted by molar-refractivity contribution is 6.30. The summed E-state index contributed by atoms with van der Waals surface area (Å²) in [5, 5.41) is 3.60. The van der Waals surface area contributed by atoms with Gasteiger partial charge in [-0.1, -0.05) is 11.6 Å². The molecule has 0 aliphatic carbocycles. The van der Waals surface area contributed by atoms with Gasteiger partial charge < -0.3 is 10.2 Å². The second-order valence-corrected chi connectivity index (χ2v) is 4.01. The fourth-order valence-corrected chi connectivity index (χ4v) is 1.76. The van der Waals surface area contributed by atoms with Gasteiger partial charge in [0.1, 0.15) is 0 Å². The molecule has 0 amide bonds. The summed E-state index contributed by atoms with van der Waals surface area (Å²) in [6.45, 7) is 0.321. The normalized spacial score (nSPS) is 10.9. The Hall–Kier alpha value is -0.870. The van der Waals surface area contributed by atoms with E-state index in [-0.39, 0.29) is 6.54 Å². The van der Waals surface area contributed by atoms with Crippen molar-refractivity contribution in [3.63, 3.8) is 0 Å². The molecule has 0 aliphatic heterocycles. The lowest BCUT2D eigenvalue weighted by Gasteiger charge is -2.22. The van der Waals surface area contributed by atoms with Crippen LogP contribution in [0.5, 0.6) is 0 Å². The average Bonchev–Trinajstić information content (AvgIpc) is 2.17. The molecular weight excluding hydrogens is 234 g/mol. The molecule has 0 aromatic heterocycles. The molecule has 0 saturated carbocycles. The summed E-state index contributed by atoms with van der Waals surface area (Å²) in [6, 6.07) is 5.25. The van der Waals surface area contributed by atoms with Crippen LogP contribution in [0.3, 0.4) is 0 Å². The number of benzene rings is 1. The summed E-state index contributed by atoms with van der Waals surface area (Å²) in [7, 11) is 3.45. The van der Waals surface area contributed by atoms with Crippen molar-refractivity contribution in [2.45, 2.75) is 13.0 Å². The fraction of sp³-hybridized carbons (Fsp3) is 0.455. The minimum atomic E-state index is -2.34. The quantitative estimate of drug-likeness (QED) is 0.862. The van der Waals surface area contributed by atoms with E-state index in [2.05, 4.69) is 5.32 Å². The van der Waals surface area contributed by atoms with Gasteiger partial charge in [-0.05, 0) is 30.8 Å².